The molecule has 2 aliphatic carbocycles. The second kappa shape index (κ2) is 13.9. The van der Waals surface area contributed by atoms with Crippen molar-refractivity contribution in [2.45, 2.75) is 5.41 Å². The van der Waals surface area contributed by atoms with Crippen LogP contribution in [-0.4, -0.2) is 0 Å². The van der Waals surface area contributed by atoms with E-state index in [0.717, 1.165) is 61.3 Å². The largest absolute Gasteiger partial charge is 0.455 e. The van der Waals surface area contributed by atoms with Crippen molar-refractivity contribution in [3.63, 3.8) is 0 Å². The highest BCUT2D eigenvalue weighted by Crippen LogP contribution is 2.65. The number of hydrogen-bond acceptors (Lipinski definition) is 2. The second-order valence-corrected chi connectivity index (χ2v) is 16.7. The highest BCUT2D eigenvalue weighted by atomic mass is 16.3. The van der Waals surface area contributed by atoms with Crippen molar-refractivity contribution < 1.29 is 4.42 Å². The molecule has 1 aromatic heterocycles. The van der Waals surface area contributed by atoms with Crippen molar-refractivity contribution in [2.24, 2.45) is 0 Å². The summed E-state index contributed by atoms with van der Waals surface area (Å²) in [6.07, 6.45) is 0. The Bertz CT molecular complexity index is 3490. The summed E-state index contributed by atoms with van der Waals surface area (Å²) in [6.45, 7) is 0. The van der Waals surface area contributed by atoms with Gasteiger partial charge in [0.05, 0.1) is 5.41 Å². The van der Waals surface area contributed by atoms with E-state index in [1.807, 2.05) is 0 Å². The lowest BCUT2D eigenvalue weighted by Gasteiger charge is -2.30. The van der Waals surface area contributed by atoms with Gasteiger partial charge in [0, 0.05) is 39.0 Å². The molecular formula is C61H39NO. The molecule has 1 spiro atoms. The molecule has 10 aromatic carbocycles. The Labute approximate surface area is 366 Å². The molecule has 0 bridgehead atoms. The molecule has 0 saturated heterocycles. The Hall–Kier alpha value is -8.20. The van der Waals surface area contributed by atoms with E-state index in [4.69, 9.17) is 4.42 Å². The summed E-state index contributed by atoms with van der Waals surface area (Å²) in [7, 11) is 0. The van der Waals surface area contributed by atoms with Gasteiger partial charge in [-0.3, -0.25) is 0 Å². The van der Waals surface area contributed by atoms with Gasteiger partial charge in [-0.05, 0) is 109 Å². The van der Waals surface area contributed by atoms with E-state index in [1.165, 1.54) is 55.6 Å². The molecule has 2 nitrogen and oxygen atoms in total. The van der Waals surface area contributed by atoms with Gasteiger partial charge in [0.25, 0.3) is 0 Å². The van der Waals surface area contributed by atoms with E-state index in [0.29, 0.717) is 0 Å². The van der Waals surface area contributed by atoms with Crippen LogP contribution in [0.5, 0.6) is 0 Å². The van der Waals surface area contributed by atoms with Gasteiger partial charge < -0.3 is 9.32 Å². The summed E-state index contributed by atoms with van der Waals surface area (Å²) in [5.41, 5.74) is 21.8. The number of nitrogens with zero attached hydrogens (tertiary/aromatic N) is 1. The van der Waals surface area contributed by atoms with Crippen LogP contribution < -0.4 is 4.90 Å². The van der Waals surface area contributed by atoms with E-state index in [2.05, 4.69) is 241 Å². The lowest BCUT2D eigenvalue weighted by Crippen LogP contribution is -2.25. The van der Waals surface area contributed by atoms with E-state index in [9.17, 15) is 0 Å². The maximum Gasteiger partial charge on any atom is 0.143 e. The first kappa shape index (κ1) is 35.5. The maximum atomic E-state index is 7.31. The molecule has 0 aliphatic heterocycles. The zero-order valence-corrected chi connectivity index (χ0v) is 34.4. The third-order valence-electron chi connectivity index (χ3n) is 13.5. The Balaban J connectivity index is 1.07. The van der Waals surface area contributed by atoms with Crippen LogP contribution in [0.1, 0.15) is 22.3 Å². The highest BCUT2D eigenvalue weighted by Gasteiger charge is 2.52. The highest BCUT2D eigenvalue weighted by molar-refractivity contribution is 6.18. The van der Waals surface area contributed by atoms with Gasteiger partial charge in [0.2, 0.25) is 0 Å². The van der Waals surface area contributed by atoms with E-state index >= 15 is 0 Å². The van der Waals surface area contributed by atoms with Crippen LogP contribution in [-0.2, 0) is 5.41 Å². The Kier molecular flexibility index (Phi) is 7.85. The normalized spacial score (nSPS) is 12.9. The molecule has 0 radical (unpaired) electrons. The molecule has 1 heterocycles. The van der Waals surface area contributed by atoms with E-state index in [1.54, 1.807) is 0 Å². The van der Waals surface area contributed by atoms with Gasteiger partial charge in [-0.15, -0.1) is 0 Å². The quantitative estimate of drug-likeness (QED) is 0.167. The number of para-hydroxylation sites is 2. The summed E-state index contributed by atoms with van der Waals surface area (Å²) in [5.74, 6) is 0. The summed E-state index contributed by atoms with van der Waals surface area (Å²) in [5, 5.41) is 2.24. The van der Waals surface area contributed by atoms with Crippen LogP contribution in [0.2, 0.25) is 0 Å². The lowest BCUT2D eigenvalue weighted by molar-refractivity contribution is 0.671. The van der Waals surface area contributed by atoms with Crippen molar-refractivity contribution in [1.82, 2.24) is 0 Å². The molecule has 2 heteroatoms. The molecule has 11 aromatic rings. The standard InChI is InChI=1S/C61H39NO/c1-4-17-40(18-5-1)41-31-35-45(36-32-41)62(44-21-8-3-9-22-44)46-37-33-43(34-38-46)57-58-51-25-12-15-30-55(51)61(53-28-13-10-23-48(53)49-24-11-14-29-54(49)61)56(58)39-52-50-27-16-26-47(59(50)63-60(52)57)42-19-6-2-7-20-42/h1-39H. The molecule has 0 unspecified atom stereocenters. The predicted octanol–water partition coefficient (Wildman–Crippen LogP) is 16.4. The minimum atomic E-state index is -0.501. The molecule has 0 atom stereocenters. The van der Waals surface area contributed by atoms with Crippen molar-refractivity contribution in [1.29, 1.82) is 0 Å². The van der Waals surface area contributed by atoms with Gasteiger partial charge >= 0.3 is 0 Å². The fraction of sp³-hybridized carbons (Fsp3) is 0.0164. The van der Waals surface area contributed by atoms with Crippen molar-refractivity contribution in [3.8, 4) is 55.6 Å². The van der Waals surface area contributed by atoms with Gasteiger partial charge in [0.15, 0.2) is 0 Å². The first-order chi connectivity index (χ1) is 31.3. The summed E-state index contributed by atoms with van der Waals surface area (Å²) in [6, 6.07) is 86.1. The third kappa shape index (κ3) is 5.19. The SMILES string of the molecule is c1ccc(-c2ccc(N(c3ccccc3)c3ccc(-c4c5c(cc6c4oc4c(-c7ccccc7)cccc46)C4(c6ccccc6-c6ccccc64)c4ccccc4-5)cc3)cc2)cc1. The Morgan fingerprint density at radius 3 is 1.37 bits per heavy atom. The van der Waals surface area contributed by atoms with Crippen LogP contribution in [0.15, 0.2) is 241 Å². The fourth-order valence-electron chi connectivity index (χ4n) is 10.9. The van der Waals surface area contributed by atoms with Crippen LogP contribution in [0.25, 0.3) is 77.6 Å². The molecule has 13 rings (SSSR count). The zero-order chi connectivity index (χ0) is 41.5. The molecule has 63 heavy (non-hydrogen) atoms. The molecule has 0 amide bonds. The summed E-state index contributed by atoms with van der Waals surface area (Å²) in [4.78, 5) is 2.34. The minimum absolute atomic E-state index is 0.501. The monoisotopic (exact) mass is 801 g/mol. The van der Waals surface area contributed by atoms with Crippen LogP contribution in [0.4, 0.5) is 17.1 Å². The number of benzene rings is 10. The molecule has 0 N–H and O–H groups in total. The summed E-state index contributed by atoms with van der Waals surface area (Å²) < 4.78 is 7.31. The Morgan fingerprint density at radius 1 is 0.286 bits per heavy atom. The number of anilines is 3. The molecule has 294 valence electrons. The van der Waals surface area contributed by atoms with Gasteiger partial charge in [-0.25, -0.2) is 0 Å². The molecular weight excluding hydrogens is 763 g/mol. The first-order valence-electron chi connectivity index (χ1n) is 21.8. The lowest BCUT2D eigenvalue weighted by atomic mass is 9.70. The topological polar surface area (TPSA) is 16.4 Å². The molecule has 0 saturated carbocycles. The van der Waals surface area contributed by atoms with Crippen LogP contribution in [0, 0.1) is 0 Å². The van der Waals surface area contributed by atoms with Gasteiger partial charge in [-0.1, -0.05) is 194 Å². The van der Waals surface area contributed by atoms with E-state index < -0.39 is 5.41 Å². The average molecular weight is 802 g/mol. The summed E-state index contributed by atoms with van der Waals surface area (Å²) >= 11 is 0. The van der Waals surface area contributed by atoms with Crippen LogP contribution in [0.3, 0.4) is 0 Å². The van der Waals surface area contributed by atoms with Gasteiger partial charge in [-0.2, -0.15) is 0 Å². The van der Waals surface area contributed by atoms with E-state index in [-0.39, 0.29) is 0 Å². The predicted molar refractivity (Wildman–Crippen MR) is 261 cm³/mol. The third-order valence-corrected chi connectivity index (χ3v) is 13.5. The number of hydrogen-bond donors (Lipinski definition) is 0. The fourth-order valence-corrected chi connectivity index (χ4v) is 10.9. The van der Waals surface area contributed by atoms with Gasteiger partial charge in [0.1, 0.15) is 11.2 Å². The minimum Gasteiger partial charge on any atom is -0.455 e. The maximum absolute atomic E-state index is 7.31. The van der Waals surface area contributed by atoms with Crippen molar-refractivity contribution in [2.75, 3.05) is 4.90 Å². The smallest absolute Gasteiger partial charge is 0.143 e. The zero-order valence-electron chi connectivity index (χ0n) is 34.4. The number of furan rings is 1. The molecule has 2 aliphatic rings. The van der Waals surface area contributed by atoms with Crippen molar-refractivity contribution >= 4 is 39.0 Å². The van der Waals surface area contributed by atoms with Crippen molar-refractivity contribution in [3.05, 3.63) is 259 Å². The number of rotatable bonds is 6. The van der Waals surface area contributed by atoms with Crippen LogP contribution >= 0.6 is 0 Å². The number of fused-ring (bicyclic) bond motifs is 13. The first-order valence-corrected chi connectivity index (χ1v) is 21.8. The molecule has 0 fully saturated rings. The second-order valence-electron chi connectivity index (χ2n) is 16.7. The average Bonchev–Trinajstić information content (AvgIpc) is 3.99. The Morgan fingerprint density at radius 2 is 0.746 bits per heavy atom.